The van der Waals surface area contributed by atoms with Gasteiger partial charge in [-0.15, -0.1) is 0 Å². The van der Waals surface area contributed by atoms with Crippen molar-refractivity contribution in [2.24, 2.45) is 5.92 Å². The predicted molar refractivity (Wildman–Crippen MR) is 98.3 cm³/mol. The minimum Gasteiger partial charge on any atom is -0.0883 e. The Morgan fingerprint density at radius 2 is 1.24 bits per heavy atom. The first-order chi connectivity index (χ1) is 10.3. The quantitative estimate of drug-likeness (QED) is 0.202. The molecular weight excluding hydrogens is 252 g/mol. The van der Waals surface area contributed by atoms with Crippen LogP contribution in [-0.4, -0.2) is 0 Å². The first kappa shape index (κ1) is 20.7. The van der Waals surface area contributed by atoms with E-state index in [0.717, 1.165) is 18.8 Å². The Morgan fingerprint density at radius 1 is 0.714 bits per heavy atom. The van der Waals surface area contributed by atoms with Crippen molar-refractivity contribution >= 4 is 0 Å². The molecule has 0 aromatic heterocycles. The van der Waals surface area contributed by atoms with Gasteiger partial charge in [-0.3, -0.25) is 0 Å². The van der Waals surface area contributed by atoms with Crippen LogP contribution in [0, 0.1) is 19.8 Å². The van der Waals surface area contributed by atoms with Gasteiger partial charge in [-0.25, -0.2) is 0 Å². The molecule has 1 unspecified atom stereocenters. The van der Waals surface area contributed by atoms with Gasteiger partial charge in [0.05, 0.1) is 0 Å². The normalized spacial score (nSPS) is 13.1. The van der Waals surface area contributed by atoms with Crippen LogP contribution in [0.5, 0.6) is 0 Å². The molecule has 0 heterocycles. The van der Waals surface area contributed by atoms with E-state index >= 15 is 0 Å². The standard InChI is InChI=1S/C21H40/c1-4-7-9-11-12-13-14-15-16-18-20-21(6-3)19-17-10-8-5-2/h17,19,21H,1-2,4-16,18,20H2,3H3/b19-17+. The van der Waals surface area contributed by atoms with Crippen molar-refractivity contribution in [2.75, 3.05) is 0 Å². The Bertz CT molecular complexity index is 204. The number of hydrogen-bond donors (Lipinski definition) is 0. The smallest absolute Gasteiger partial charge is 0.0236 e. The summed E-state index contributed by atoms with van der Waals surface area (Å²) in [4.78, 5) is 0. The van der Waals surface area contributed by atoms with Crippen molar-refractivity contribution in [3.63, 3.8) is 0 Å². The van der Waals surface area contributed by atoms with Crippen LogP contribution < -0.4 is 0 Å². The lowest BCUT2D eigenvalue weighted by molar-refractivity contribution is 0.501. The van der Waals surface area contributed by atoms with E-state index in [0.29, 0.717) is 0 Å². The van der Waals surface area contributed by atoms with E-state index < -0.39 is 0 Å². The van der Waals surface area contributed by atoms with Gasteiger partial charge in [0.25, 0.3) is 0 Å². The molecule has 0 rings (SSSR count). The minimum absolute atomic E-state index is 0.817. The molecule has 124 valence electrons. The molecule has 0 saturated carbocycles. The summed E-state index contributed by atoms with van der Waals surface area (Å²) in [6.07, 6.45) is 24.9. The number of allylic oxidation sites excluding steroid dienone is 2. The molecule has 0 aromatic rings. The molecular formula is C21H40. The van der Waals surface area contributed by atoms with E-state index in [1.807, 2.05) is 0 Å². The van der Waals surface area contributed by atoms with Gasteiger partial charge in [0.15, 0.2) is 0 Å². The van der Waals surface area contributed by atoms with E-state index in [9.17, 15) is 0 Å². The SMILES string of the molecule is [CH2]CCC/C=C/C(CC)CCCCCCCCCCC[CH2]. The zero-order chi connectivity index (χ0) is 15.6. The fourth-order valence-electron chi connectivity index (χ4n) is 2.81. The van der Waals surface area contributed by atoms with Crippen LogP contribution >= 0.6 is 0 Å². The summed E-state index contributed by atoms with van der Waals surface area (Å²) < 4.78 is 0. The second kappa shape index (κ2) is 17.8. The maximum atomic E-state index is 3.89. The van der Waals surface area contributed by atoms with Crippen molar-refractivity contribution < 1.29 is 0 Å². The molecule has 0 amide bonds. The van der Waals surface area contributed by atoms with Crippen LogP contribution in [0.25, 0.3) is 0 Å². The summed E-state index contributed by atoms with van der Waals surface area (Å²) in [6, 6.07) is 0. The summed E-state index contributed by atoms with van der Waals surface area (Å²) in [5.41, 5.74) is 0. The van der Waals surface area contributed by atoms with Crippen LogP contribution in [0.4, 0.5) is 0 Å². The molecule has 0 bridgehead atoms. The fourth-order valence-corrected chi connectivity index (χ4v) is 2.81. The molecule has 0 nitrogen and oxygen atoms in total. The van der Waals surface area contributed by atoms with Crippen molar-refractivity contribution in [2.45, 2.75) is 103 Å². The van der Waals surface area contributed by atoms with E-state index in [2.05, 4.69) is 32.9 Å². The van der Waals surface area contributed by atoms with E-state index in [1.54, 1.807) is 0 Å². The molecule has 2 radical (unpaired) electrons. The molecule has 0 spiro atoms. The summed E-state index contributed by atoms with van der Waals surface area (Å²) in [5, 5.41) is 0. The third-order valence-electron chi connectivity index (χ3n) is 4.38. The van der Waals surface area contributed by atoms with E-state index in [4.69, 9.17) is 0 Å². The Labute approximate surface area is 135 Å². The lowest BCUT2D eigenvalue weighted by Crippen LogP contribution is -1.94. The average Bonchev–Trinajstić information content (AvgIpc) is 2.51. The lowest BCUT2D eigenvalue weighted by Gasteiger charge is -2.09. The highest BCUT2D eigenvalue weighted by molar-refractivity contribution is 4.87. The fraction of sp³-hybridized carbons (Fsp3) is 0.810. The molecule has 0 saturated heterocycles. The Hall–Kier alpha value is -0.260. The van der Waals surface area contributed by atoms with Gasteiger partial charge in [0, 0.05) is 0 Å². The summed E-state index contributed by atoms with van der Waals surface area (Å²) >= 11 is 0. The van der Waals surface area contributed by atoms with Crippen LogP contribution in [0.1, 0.15) is 103 Å². The van der Waals surface area contributed by atoms with Gasteiger partial charge in [-0.05, 0) is 31.6 Å². The van der Waals surface area contributed by atoms with Gasteiger partial charge < -0.3 is 0 Å². The molecule has 0 fully saturated rings. The van der Waals surface area contributed by atoms with Crippen LogP contribution in [0.3, 0.4) is 0 Å². The maximum absolute atomic E-state index is 3.89. The number of hydrogen-bond acceptors (Lipinski definition) is 0. The second-order valence-corrected chi connectivity index (χ2v) is 6.42. The molecule has 0 heteroatoms. The summed E-state index contributed by atoms with van der Waals surface area (Å²) in [7, 11) is 0. The zero-order valence-corrected chi connectivity index (χ0v) is 14.8. The highest BCUT2D eigenvalue weighted by Gasteiger charge is 2.01. The molecule has 0 aliphatic rings. The Kier molecular flexibility index (Phi) is 17.6. The second-order valence-electron chi connectivity index (χ2n) is 6.42. The van der Waals surface area contributed by atoms with Crippen molar-refractivity contribution in [3.8, 4) is 0 Å². The maximum Gasteiger partial charge on any atom is -0.0236 e. The van der Waals surface area contributed by atoms with Crippen molar-refractivity contribution in [3.05, 3.63) is 26.0 Å². The van der Waals surface area contributed by atoms with E-state index in [1.165, 1.54) is 83.5 Å². The van der Waals surface area contributed by atoms with Gasteiger partial charge in [0.2, 0.25) is 0 Å². The van der Waals surface area contributed by atoms with Gasteiger partial charge in [-0.2, -0.15) is 0 Å². The molecule has 21 heavy (non-hydrogen) atoms. The molecule has 0 N–H and O–H groups in total. The van der Waals surface area contributed by atoms with Gasteiger partial charge in [-0.1, -0.05) is 104 Å². The zero-order valence-electron chi connectivity index (χ0n) is 14.8. The van der Waals surface area contributed by atoms with Crippen molar-refractivity contribution in [1.82, 2.24) is 0 Å². The first-order valence-electron chi connectivity index (χ1n) is 9.60. The minimum atomic E-state index is 0.817. The first-order valence-corrected chi connectivity index (χ1v) is 9.60. The predicted octanol–water partition coefficient (Wildman–Crippen LogP) is 7.70. The largest absolute Gasteiger partial charge is 0.0883 e. The van der Waals surface area contributed by atoms with Gasteiger partial charge in [0.1, 0.15) is 0 Å². The monoisotopic (exact) mass is 292 g/mol. The summed E-state index contributed by atoms with van der Waals surface area (Å²) in [5.74, 6) is 0.817. The Balaban J connectivity index is 3.33. The summed E-state index contributed by atoms with van der Waals surface area (Å²) in [6.45, 7) is 10.1. The van der Waals surface area contributed by atoms with E-state index in [-0.39, 0.29) is 0 Å². The molecule has 0 aliphatic carbocycles. The average molecular weight is 293 g/mol. The Morgan fingerprint density at radius 3 is 1.76 bits per heavy atom. The lowest BCUT2D eigenvalue weighted by atomic mass is 9.97. The molecule has 1 atom stereocenters. The molecule has 0 aliphatic heterocycles. The number of rotatable bonds is 16. The highest BCUT2D eigenvalue weighted by Crippen LogP contribution is 2.17. The third-order valence-corrected chi connectivity index (χ3v) is 4.38. The number of unbranched alkanes of at least 4 members (excludes halogenated alkanes) is 11. The van der Waals surface area contributed by atoms with Crippen molar-refractivity contribution in [1.29, 1.82) is 0 Å². The van der Waals surface area contributed by atoms with Gasteiger partial charge >= 0.3 is 0 Å². The molecule has 0 aromatic carbocycles. The van der Waals surface area contributed by atoms with Crippen LogP contribution in [0.15, 0.2) is 12.2 Å². The highest BCUT2D eigenvalue weighted by atomic mass is 14.1. The van der Waals surface area contributed by atoms with Crippen LogP contribution in [0.2, 0.25) is 0 Å². The third kappa shape index (κ3) is 15.9. The topological polar surface area (TPSA) is 0 Å². The van der Waals surface area contributed by atoms with Crippen LogP contribution in [-0.2, 0) is 0 Å².